The Hall–Kier alpha value is -2.57. The quantitative estimate of drug-likeness (QED) is 0.725. The highest BCUT2D eigenvalue weighted by molar-refractivity contribution is 7.82. The van der Waals surface area contributed by atoms with Crippen LogP contribution in [0.4, 0.5) is 11.5 Å². The maximum absolute atomic E-state index is 12.7. The molecule has 27 heavy (non-hydrogen) atoms. The van der Waals surface area contributed by atoms with Gasteiger partial charge in [-0.1, -0.05) is 36.4 Å². The van der Waals surface area contributed by atoms with Crippen molar-refractivity contribution in [3.8, 4) is 0 Å². The zero-order chi connectivity index (χ0) is 18.5. The van der Waals surface area contributed by atoms with Crippen molar-refractivity contribution in [3.63, 3.8) is 0 Å². The van der Waals surface area contributed by atoms with Gasteiger partial charge in [0.05, 0.1) is 4.90 Å². The van der Waals surface area contributed by atoms with E-state index in [9.17, 15) is 4.21 Å². The van der Waals surface area contributed by atoms with Crippen LogP contribution in [0.25, 0.3) is 0 Å². The van der Waals surface area contributed by atoms with Crippen LogP contribution in [0.3, 0.4) is 0 Å². The van der Waals surface area contributed by atoms with Crippen LogP contribution in [-0.4, -0.2) is 31.6 Å². The van der Waals surface area contributed by atoms with E-state index in [1.165, 1.54) is 0 Å². The van der Waals surface area contributed by atoms with Crippen LogP contribution in [0.2, 0.25) is 0 Å². The lowest BCUT2D eigenvalue weighted by Crippen LogP contribution is -2.34. The third-order valence-corrected chi connectivity index (χ3v) is 6.30. The number of hydrogen-bond donors (Lipinski definition) is 1. The number of hydrogen-bond acceptors (Lipinski definition) is 4. The zero-order valence-corrected chi connectivity index (χ0v) is 15.8. The van der Waals surface area contributed by atoms with Crippen LogP contribution in [-0.2, 0) is 11.0 Å². The molecule has 0 spiro atoms. The molecule has 0 saturated carbocycles. The number of piperidine rings is 1. The van der Waals surface area contributed by atoms with Gasteiger partial charge >= 0.3 is 0 Å². The number of nitrogens with zero attached hydrogens (tertiary/aromatic N) is 3. The molecule has 2 aromatic carbocycles. The highest BCUT2D eigenvalue weighted by atomic mass is 32.2. The molecule has 2 heterocycles. The molecule has 1 aliphatic rings. The molecule has 1 N–H and O–H groups in total. The summed E-state index contributed by atoms with van der Waals surface area (Å²) in [4.78, 5) is 9.69. The Morgan fingerprint density at radius 1 is 0.926 bits per heavy atom. The molecule has 1 aliphatic heterocycles. The summed E-state index contributed by atoms with van der Waals surface area (Å²) in [6.45, 7) is 1.61. The van der Waals surface area contributed by atoms with Crippen molar-refractivity contribution in [1.29, 1.82) is 0 Å². The molecule has 0 radical (unpaired) electrons. The molecule has 1 atom stereocenters. The zero-order valence-electron chi connectivity index (χ0n) is 15.0. The van der Waals surface area contributed by atoms with Crippen molar-refractivity contribution >= 4 is 22.5 Å². The number of benzene rings is 2. The molecular weight excluding hydrogens is 356 g/mol. The maximum Gasteiger partial charge on any atom is 0.133 e. The van der Waals surface area contributed by atoms with E-state index in [0.717, 1.165) is 48.0 Å². The summed E-state index contributed by atoms with van der Waals surface area (Å²) < 4.78 is 14.8. The first-order valence-corrected chi connectivity index (χ1v) is 10.3. The maximum atomic E-state index is 12.7. The topological polar surface area (TPSA) is 58.1 Å². The van der Waals surface area contributed by atoms with Crippen molar-refractivity contribution in [1.82, 2.24) is 14.3 Å². The van der Waals surface area contributed by atoms with Gasteiger partial charge < -0.3 is 5.32 Å². The summed E-state index contributed by atoms with van der Waals surface area (Å²) in [6.07, 6.45) is 3.51. The van der Waals surface area contributed by atoms with Crippen molar-refractivity contribution in [3.05, 3.63) is 78.8 Å². The minimum Gasteiger partial charge on any atom is -0.340 e. The van der Waals surface area contributed by atoms with Crippen molar-refractivity contribution in [2.24, 2.45) is 0 Å². The molecule has 4 rings (SSSR count). The van der Waals surface area contributed by atoms with Crippen molar-refractivity contribution in [2.75, 3.05) is 18.4 Å². The fraction of sp³-hybridized carbons (Fsp3) is 0.238. The molecule has 138 valence electrons. The van der Waals surface area contributed by atoms with Gasteiger partial charge in [0.1, 0.15) is 23.1 Å². The first kappa shape index (κ1) is 17.8. The SMILES string of the molecule is O=S(c1ccccc1)N1CCC(c2cc(Nc3ccccc3)ncn2)CC1. The van der Waals surface area contributed by atoms with E-state index < -0.39 is 11.0 Å². The van der Waals surface area contributed by atoms with Crippen molar-refractivity contribution in [2.45, 2.75) is 23.7 Å². The highest BCUT2D eigenvalue weighted by Gasteiger charge is 2.25. The smallest absolute Gasteiger partial charge is 0.133 e. The van der Waals surface area contributed by atoms with Gasteiger partial charge in [0.2, 0.25) is 0 Å². The van der Waals surface area contributed by atoms with Crippen molar-refractivity contribution < 1.29 is 4.21 Å². The van der Waals surface area contributed by atoms with Gasteiger partial charge in [-0.25, -0.2) is 18.5 Å². The van der Waals surface area contributed by atoms with Crippen LogP contribution >= 0.6 is 0 Å². The molecule has 5 nitrogen and oxygen atoms in total. The van der Waals surface area contributed by atoms with E-state index in [2.05, 4.69) is 19.6 Å². The average molecular weight is 379 g/mol. The molecule has 6 heteroatoms. The summed E-state index contributed by atoms with van der Waals surface area (Å²) in [6, 6.07) is 21.7. The fourth-order valence-electron chi connectivity index (χ4n) is 3.34. The van der Waals surface area contributed by atoms with E-state index in [-0.39, 0.29) is 0 Å². The number of anilines is 2. The first-order valence-electron chi connectivity index (χ1n) is 9.15. The van der Waals surface area contributed by atoms with Crippen LogP contribution in [0.5, 0.6) is 0 Å². The molecule has 0 amide bonds. The van der Waals surface area contributed by atoms with Gasteiger partial charge in [-0.2, -0.15) is 0 Å². The highest BCUT2D eigenvalue weighted by Crippen LogP contribution is 2.29. The Balaban J connectivity index is 1.40. The Morgan fingerprint density at radius 2 is 1.59 bits per heavy atom. The second-order valence-corrected chi connectivity index (χ2v) is 8.07. The van der Waals surface area contributed by atoms with Crippen LogP contribution in [0.15, 0.2) is 78.0 Å². The molecule has 0 aliphatic carbocycles. The summed E-state index contributed by atoms with van der Waals surface area (Å²) in [7, 11) is -1.08. The normalized spacial score (nSPS) is 16.7. The summed E-state index contributed by atoms with van der Waals surface area (Å²) in [5.74, 6) is 1.18. The third kappa shape index (κ3) is 4.40. The molecule has 1 unspecified atom stereocenters. The van der Waals surface area contributed by atoms with Gasteiger partial charge in [0.25, 0.3) is 0 Å². The fourth-order valence-corrected chi connectivity index (χ4v) is 4.57. The second-order valence-electron chi connectivity index (χ2n) is 6.58. The largest absolute Gasteiger partial charge is 0.340 e. The van der Waals surface area contributed by atoms with E-state index >= 15 is 0 Å². The van der Waals surface area contributed by atoms with Crippen LogP contribution in [0.1, 0.15) is 24.5 Å². The third-order valence-electron chi connectivity index (χ3n) is 4.79. The average Bonchev–Trinajstić information content (AvgIpc) is 2.75. The minimum absolute atomic E-state index is 0.369. The molecule has 1 aromatic heterocycles. The molecule has 3 aromatic rings. The predicted molar refractivity (Wildman–Crippen MR) is 108 cm³/mol. The number of nitrogens with one attached hydrogen (secondary N) is 1. The number of rotatable bonds is 5. The molecule has 0 bridgehead atoms. The monoisotopic (exact) mass is 378 g/mol. The number of aromatic nitrogens is 2. The lowest BCUT2D eigenvalue weighted by Gasteiger charge is -2.30. The van der Waals surface area contributed by atoms with E-state index in [0.29, 0.717) is 5.92 Å². The van der Waals surface area contributed by atoms with Crippen LogP contribution in [0, 0.1) is 0 Å². The van der Waals surface area contributed by atoms with E-state index in [4.69, 9.17) is 0 Å². The van der Waals surface area contributed by atoms with Gasteiger partial charge in [-0.15, -0.1) is 0 Å². The lowest BCUT2D eigenvalue weighted by molar-refractivity contribution is 0.331. The summed E-state index contributed by atoms with van der Waals surface area (Å²) >= 11 is 0. The van der Waals surface area contributed by atoms with Gasteiger partial charge in [-0.05, 0) is 37.1 Å². The molecule has 1 fully saturated rings. The Morgan fingerprint density at radius 3 is 2.30 bits per heavy atom. The minimum atomic E-state index is -1.08. The van der Waals surface area contributed by atoms with Crippen LogP contribution < -0.4 is 5.32 Å². The lowest BCUT2D eigenvalue weighted by atomic mass is 9.94. The van der Waals surface area contributed by atoms with E-state index in [1.807, 2.05) is 66.7 Å². The first-order chi connectivity index (χ1) is 13.3. The molecular formula is C21H22N4OS. The Bertz CT molecular complexity index is 896. The van der Waals surface area contributed by atoms with Gasteiger partial charge in [0, 0.05) is 36.5 Å². The Labute approximate surface area is 162 Å². The summed E-state index contributed by atoms with van der Waals surface area (Å²) in [5, 5.41) is 3.32. The van der Waals surface area contributed by atoms with E-state index in [1.54, 1.807) is 6.33 Å². The van der Waals surface area contributed by atoms with Gasteiger partial charge in [0.15, 0.2) is 0 Å². The predicted octanol–water partition coefficient (Wildman–Crippen LogP) is 4.12. The summed E-state index contributed by atoms with van der Waals surface area (Å²) in [5.41, 5.74) is 2.06. The Kier molecular flexibility index (Phi) is 5.55. The number of para-hydroxylation sites is 1. The van der Waals surface area contributed by atoms with Gasteiger partial charge in [-0.3, -0.25) is 0 Å². The second kappa shape index (κ2) is 8.41. The molecule has 1 saturated heterocycles. The standard InChI is InChI=1S/C21H22N4OS/c26-27(19-9-5-2-6-10-19)25-13-11-17(12-14-25)20-15-21(23-16-22-20)24-18-7-3-1-4-8-18/h1-10,15-17H,11-14H2,(H,22,23,24).